The van der Waals surface area contributed by atoms with E-state index >= 15 is 0 Å². The summed E-state index contributed by atoms with van der Waals surface area (Å²) in [7, 11) is 23.7. The molecule has 139 heavy (non-hydrogen) atoms. The van der Waals surface area contributed by atoms with Crippen molar-refractivity contribution in [2.45, 2.75) is 306 Å². The Morgan fingerprint density at radius 2 is 0.583 bits per heavy atom. The van der Waals surface area contributed by atoms with Gasteiger partial charge in [0.25, 0.3) is 0 Å². The molecular formula is C117H222N20O2. The van der Waals surface area contributed by atoms with Gasteiger partial charge in [-0.15, -0.1) is 0 Å². The topological polar surface area (TPSA) is 92.1 Å². The first-order chi connectivity index (χ1) is 68.0. The lowest BCUT2D eigenvalue weighted by Gasteiger charge is -2.41. The molecule has 0 saturated carbocycles. The highest BCUT2D eigenvalue weighted by Gasteiger charge is 2.33. The maximum Gasteiger partial charge on any atom is 0.119 e. The van der Waals surface area contributed by atoms with Gasteiger partial charge in [0.15, 0.2) is 0 Å². The minimum absolute atomic E-state index is 0.531. The molecule has 2 unspecified atom stereocenters. The van der Waals surface area contributed by atoms with Gasteiger partial charge in [0.05, 0.1) is 13.2 Å². The molecule has 2 atom stereocenters. The smallest absolute Gasteiger partial charge is 0.119 e. The van der Waals surface area contributed by atoms with Crippen molar-refractivity contribution in [3.63, 3.8) is 0 Å². The first-order valence-corrected chi connectivity index (χ1v) is 59.5. The molecule has 18 heterocycles. The van der Waals surface area contributed by atoms with Gasteiger partial charge in [-0.25, -0.2) is 0 Å². The molecule has 0 spiro atoms. The van der Waals surface area contributed by atoms with E-state index in [-0.39, 0.29) is 0 Å². The van der Waals surface area contributed by atoms with Crippen LogP contribution in [0.3, 0.4) is 0 Å². The van der Waals surface area contributed by atoms with Gasteiger partial charge in [-0.05, 0) is 499 Å². The van der Waals surface area contributed by atoms with E-state index < -0.39 is 0 Å². The van der Waals surface area contributed by atoms with E-state index in [1.54, 1.807) is 7.11 Å². The molecule has 18 saturated heterocycles. The molecular weight excluding hydrogens is 1720 g/mol. The molecule has 18 fully saturated rings. The summed E-state index contributed by atoms with van der Waals surface area (Å²) < 4.78 is 10.8. The Morgan fingerprint density at radius 3 is 0.957 bits per heavy atom. The summed E-state index contributed by atoms with van der Waals surface area (Å²) in [5, 5.41) is 3.15. The number of hydrogen-bond donors (Lipinski definition) is 1. The van der Waals surface area contributed by atoms with Crippen LogP contribution in [0.4, 0.5) is 11.4 Å². The zero-order chi connectivity index (χ0) is 97.5. The Bertz CT molecular complexity index is 3170. The summed E-state index contributed by atoms with van der Waals surface area (Å²) in [6.07, 6.45) is 60.3. The number of hydrogen-bond acceptors (Lipinski definition) is 22. The third kappa shape index (κ3) is 47.6. The Kier molecular flexibility index (Phi) is 58.1. The van der Waals surface area contributed by atoms with Crippen LogP contribution in [-0.4, -0.2) is 478 Å². The van der Waals surface area contributed by atoms with Crippen LogP contribution in [0.2, 0.25) is 0 Å². The summed E-state index contributed by atoms with van der Waals surface area (Å²) in [5.74, 6) is 3.91. The van der Waals surface area contributed by atoms with Crippen molar-refractivity contribution in [1.29, 1.82) is 0 Å². The van der Waals surface area contributed by atoms with Gasteiger partial charge in [0.2, 0.25) is 0 Å². The van der Waals surface area contributed by atoms with Gasteiger partial charge in [0, 0.05) is 147 Å². The fourth-order valence-corrected chi connectivity index (χ4v) is 25.2. The van der Waals surface area contributed by atoms with Gasteiger partial charge >= 0.3 is 0 Å². The van der Waals surface area contributed by atoms with Crippen molar-refractivity contribution in [3.05, 3.63) is 54.1 Å². The van der Waals surface area contributed by atoms with Crippen LogP contribution in [-0.2, 0) is 11.3 Å². The second kappa shape index (κ2) is 69.4. The Hall–Kier alpha value is -2.92. The second-order valence-electron chi connectivity index (χ2n) is 47.1. The van der Waals surface area contributed by atoms with E-state index in [2.05, 4.69) is 198 Å². The lowest BCUT2D eigenvalue weighted by atomic mass is 9.93. The van der Waals surface area contributed by atoms with Crippen LogP contribution in [0, 0.1) is 17.8 Å². The van der Waals surface area contributed by atoms with E-state index in [1.807, 2.05) is 19.2 Å². The van der Waals surface area contributed by atoms with Crippen LogP contribution < -0.4 is 15.0 Å². The van der Waals surface area contributed by atoms with Crippen LogP contribution >= 0.6 is 0 Å². The molecule has 18 aliphatic rings. The molecule has 2 aromatic rings. The molecule has 2 aromatic carbocycles. The minimum Gasteiger partial charge on any atom is -0.497 e. The summed E-state index contributed by atoms with van der Waals surface area (Å²) in [5.41, 5.74) is 3.92. The molecule has 1 N–H and O–H groups in total. The van der Waals surface area contributed by atoms with Gasteiger partial charge in [-0.3, -0.25) is 19.6 Å². The quantitative estimate of drug-likeness (QED) is 0.153. The number of anilines is 2. The maximum absolute atomic E-state index is 5.63. The van der Waals surface area contributed by atoms with Crippen LogP contribution in [0.1, 0.15) is 275 Å². The Balaban J connectivity index is 0.000000148. The zero-order valence-electron chi connectivity index (χ0n) is 92.9. The molecule has 0 aliphatic carbocycles. The molecule has 20 rings (SSSR count). The predicted octanol–water partition coefficient (Wildman–Crippen LogP) is 17.1. The van der Waals surface area contributed by atoms with Gasteiger partial charge in [-0.2, -0.15) is 0 Å². The maximum atomic E-state index is 5.63. The van der Waals surface area contributed by atoms with E-state index in [0.29, 0.717) is 6.10 Å². The van der Waals surface area contributed by atoms with E-state index in [1.165, 1.54) is 529 Å². The van der Waals surface area contributed by atoms with Crippen molar-refractivity contribution < 1.29 is 9.47 Å². The third-order valence-corrected chi connectivity index (χ3v) is 35.3. The molecule has 0 bridgehead atoms. The lowest BCUT2D eigenvalue weighted by Crippen LogP contribution is -2.56. The van der Waals surface area contributed by atoms with Crippen LogP contribution in [0.25, 0.3) is 0 Å². The van der Waals surface area contributed by atoms with Crippen LogP contribution in [0.15, 0.2) is 48.5 Å². The highest BCUT2D eigenvalue weighted by Crippen LogP contribution is 2.30. The minimum atomic E-state index is 0.531. The van der Waals surface area contributed by atoms with E-state index in [4.69, 9.17) is 9.47 Å². The molecule has 18 aliphatic heterocycles. The highest BCUT2D eigenvalue weighted by molar-refractivity contribution is 5.49. The van der Waals surface area contributed by atoms with Gasteiger partial charge < -0.3 is 88.3 Å². The normalized spacial score (nSPS) is 27.0. The molecule has 802 valence electrons. The largest absolute Gasteiger partial charge is 0.497 e. The number of rotatable bonds is 18. The number of methoxy groups -OCH3 is 1. The molecule has 0 radical (unpaired) electrons. The van der Waals surface area contributed by atoms with Crippen molar-refractivity contribution >= 4 is 11.4 Å². The van der Waals surface area contributed by atoms with E-state index in [0.717, 1.165) is 93.5 Å². The van der Waals surface area contributed by atoms with Gasteiger partial charge in [-0.1, -0.05) is 89.2 Å². The monoisotopic (exact) mass is 1940 g/mol. The zero-order valence-corrected chi connectivity index (χ0v) is 92.9. The number of piperazine rings is 2. The molecule has 22 heteroatoms. The number of nitrogens with zero attached hydrogens (tertiary/aromatic N) is 19. The predicted molar refractivity (Wildman–Crippen MR) is 595 cm³/mol. The molecule has 0 aromatic heterocycles. The van der Waals surface area contributed by atoms with Crippen molar-refractivity contribution in [2.75, 3.05) is 369 Å². The second-order valence-corrected chi connectivity index (χ2v) is 47.1. The first kappa shape index (κ1) is 116. The van der Waals surface area contributed by atoms with Crippen molar-refractivity contribution in [1.82, 2.24) is 88.2 Å². The molecule has 22 nitrogen and oxygen atoms in total. The Labute approximate surface area is 857 Å². The standard InChI is InChI=1S/C14H28N2.C14H22N2.C13H26N2.C12H18N2O.3C12H24N2.C10H20N2O.C10H20N2.C8H16N2/c1-15-11-6-14(7-12-15)8-13-16-9-4-2-3-5-10-16;1-15-14-8-6-13(7-9-14)12-16-10-4-2-3-5-11-16;1-14-10-6-13(7-11-14)12-15-8-4-2-3-5-9-15;1-13-7-9-14(10-8-13)11-3-5-12(15-2)6-4-11;1-13-9-5-12(6-10-13)11-14-7-3-2-4-8-14;2*1-13-10-6-12(7-11-13)14-8-4-2-3-5-9-14;1-11-4-6-12(7-5-11)9-10-3-2-8-13-10;1-11-8-5-10(9-11)12-6-3-2-4-7-12;1-9-6-8(7-9)10-4-2-3-5-10/h14H,2-13H2,1H3;6-9,15H,2-5,10-12H2,1H3;13H,2-12H2,1H3;3-6H,7-10H2,1-2H3;3*12H,2-11H2,1H3;10H,2-9H2,1H3;10H,2-9H2,1H3;8H,2-7H2,1H3. The SMILES string of the molecule is CN1CC(N2CCCC2)C1.CN1CCC(CCN2CCCCCC2)CC1.CN1CCC(CN2CCCCC2)CC1.CN1CCC(CN2CCCCCC2)CC1.CN1CCC(N2CCCCC2)C1.CN1CCC(N2CCCCCC2)CC1.CN1CCC(N2CCCCCC2)CC1.CN1CCN(CC2CCCO2)CC1.CNc1ccc(CN2CCCCCC2)cc1.COc1ccc(N2CCN(C)CC2)cc1. The third-order valence-electron chi connectivity index (χ3n) is 35.3. The summed E-state index contributed by atoms with van der Waals surface area (Å²) in [6.45, 7) is 56.8. The number of benzene rings is 2. The van der Waals surface area contributed by atoms with Crippen LogP contribution in [0.5, 0.6) is 5.75 Å². The first-order valence-electron chi connectivity index (χ1n) is 59.5. The number of piperidine rings is 7. The fourth-order valence-electron chi connectivity index (χ4n) is 25.2. The number of likely N-dealkylation sites (tertiary alicyclic amines) is 15. The average molecular weight is 1940 g/mol. The summed E-state index contributed by atoms with van der Waals surface area (Å²) in [6, 6.07) is 20.7. The highest BCUT2D eigenvalue weighted by atomic mass is 16.5. The lowest BCUT2D eigenvalue weighted by molar-refractivity contribution is 0.0551. The number of nitrogens with one attached hydrogen (secondary N) is 1. The van der Waals surface area contributed by atoms with E-state index in [9.17, 15) is 0 Å². The molecule has 0 amide bonds. The van der Waals surface area contributed by atoms with Crippen molar-refractivity contribution in [3.8, 4) is 5.75 Å². The van der Waals surface area contributed by atoms with Crippen molar-refractivity contribution in [2.24, 2.45) is 17.8 Å². The van der Waals surface area contributed by atoms with Gasteiger partial charge in [0.1, 0.15) is 5.75 Å². The summed E-state index contributed by atoms with van der Waals surface area (Å²) in [4.78, 5) is 48.5. The number of ether oxygens (including phenoxy) is 2. The fraction of sp³-hybridized carbons (Fsp3) is 0.897. The summed E-state index contributed by atoms with van der Waals surface area (Å²) >= 11 is 0. The average Bonchev–Trinajstić information content (AvgIpc) is 1.83. The Morgan fingerprint density at radius 1 is 0.266 bits per heavy atom. The number of likely N-dealkylation sites (N-methyl/N-ethyl adjacent to an activating group) is 4.